The van der Waals surface area contributed by atoms with Gasteiger partial charge in [0, 0.05) is 17.3 Å². The molecule has 0 saturated heterocycles. The Morgan fingerprint density at radius 1 is 1.00 bits per heavy atom. The third-order valence-corrected chi connectivity index (χ3v) is 4.11. The maximum Gasteiger partial charge on any atom is 0.273 e. The van der Waals surface area contributed by atoms with Gasteiger partial charge in [0.05, 0.1) is 18.0 Å². The molecule has 0 fully saturated rings. The molecule has 0 bridgehead atoms. The number of rotatable bonds is 3. The number of pyridine rings is 1. The van der Waals surface area contributed by atoms with Gasteiger partial charge in [0.25, 0.3) is 5.91 Å². The van der Waals surface area contributed by atoms with Crippen LogP contribution in [-0.4, -0.2) is 27.3 Å². The molecule has 2 rings (SSSR count). The normalized spacial score (nSPS) is 12.4. The molecule has 2 aromatic rings. The number of carbonyl (C=O) groups excluding carboxylic acids is 1. The number of aromatic nitrogens is 1. The Balaban J connectivity index is 2.32. The van der Waals surface area contributed by atoms with E-state index < -0.39 is 5.91 Å². The van der Waals surface area contributed by atoms with Crippen molar-refractivity contribution in [3.8, 4) is 11.5 Å². The third-order valence-electron chi connectivity index (χ3n) is 4.11. The van der Waals surface area contributed by atoms with Crippen LogP contribution in [0.5, 0.6) is 11.5 Å². The summed E-state index contributed by atoms with van der Waals surface area (Å²) >= 11 is 0. The van der Waals surface area contributed by atoms with Gasteiger partial charge in [-0.3, -0.25) is 9.78 Å². The minimum atomic E-state index is -0.472. The molecule has 27 heavy (non-hydrogen) atoms. The molecule has 0 radical (unpaired) electrons. The van der Waals surface area contributed by atoms with Crippen molar-refractivity contribution in [3.05, 3.63) is 52.8 Å². The third kappa shape index (κ3) is 5.06. The molecular formula is C21H27N3O3. The molecule has 1 amide bonds. The Bertz CT molecular complexity index is 840. The molecule has 6 nitrogen and oxygen atoms in total. The van der Waals surface area contributed by atoms with Gasteiger partial charge in [0.2, 0.25) is 0 Å². The van der Waals surface area contributed by atoms with Crippen molar-refractivity contribution in [2.75, 3.05) is 0 Å². The van der Waals surface area contributed by atoms with Crippen LogP contribution in [0.4, 0.5) is 0 Å². The largest absolute Gasteiger partial charge is 0.507 e. The summed E-state index contributed by atoms with van der Waals surface area (Å²) in [4.78, 5) is 15.8. The van der Waals surface area contributed by atoms with E-state index in [2.05, 4.69) is 15.5 Å². The van der Waals surface area contributed by atoms with Crippen molar-refractivity contribution >= 4 is 12.1 Å². The van der Waals surface area contributed by atoms with Gasteiger partial charge >= 0.3 is 0 Å². The maximum absolute atomic E-state index is 12.1. The van der Waals surface area contributed by atoms with E-state index in [9.17, 15) is 15.0 Å². The molecule has 3 N–H and O–H groups in total. The molecule has 144 valence electrons. The van der Waals surface area contributed by atoms with Crippen LogP contribution in [0.15, 0.2) is 35.7 Å². The molecule has 1 heterocycles. The minimum absolute atomic E-state index is 0.0881. The lowest BCUT2D eigenvalue weighted by atomic mass is 9.78. The van der Waals surface area contributed by atoms with Crippen LogP contribution in [-0.2, 0) is 10.8 Å². The summed E-state index contributed by atoms with van der Waals surface area (Å²) in [6.07, 6.45) is 4.14. The summed E-state index contributed by atoms with van der Waals surface area (Å²) in [6.45, 7) is 12.2. The Morgan fingerprint density at radius 2 is 1.56 bits per heavy atom. The summed E-state index contributed by atoms with van der Waals surface area (Å²) < 4.78 is 0. The quantitative estimate of drug-likeness (QED) is 0.566. The lowest BCUT2D eigenvalue weighted by molar-refractivity contribution is 0.0954. The summed E-state index contributed by atoms with van der Waals surface area (Å²) in [5.74, 6) is -0.266. The first-order chi connectivity index (χ1) is 12.4. The van der Waals surface area contributed by atoms with Gasteiger partial charge in [-0.05, 0) is 34.6 Å². The van der Waals surface area contributed by atoms with Gasteiger partial charge < -0.3 is 10.2 Å². The minimum Gasteiger partial charge on any atom is -0.507 e. The smallest absolute Gasteiger partial charge is 0.273 e. The monoisotopic (exact) mass is 369 g/mol. The standard InChI is InChI=1S/C21H27N3O3/c1-20(2,3)16-7-13(8-17(18(16)26)21(4,5)6)10-23-24-19(27)14-9-15(25)12-22-11-14/h7-12,25-26H,1-6H3,(H,24,27)/b23-10-. The number of amides is 1. The van der Waals surface area contributed by atoms with E-state index in [-0.39, 0.29) is 22.1 Å². The average molecular weight is 369 g/mol. The second kappa shape index (κ2) is 7.39. The summed E-state index contributed by atoms with van der Waals surface area (Å²) in [7, 11) is 0. The topological polar surface area (TPSA) is 94.8 Å². The van der Waals surface area contributed by atoms with Gasteiger partial charge in [-0.25, -0.2) is 5.43 Å². The first-order valence-corrected chi connectivity index (χ1v) is 8.75. The Labute approximate surface area is 160 Å². The average Bonchev–Trinajstić information content (AvgIpc) is 2.53. The first kappa shape index (κ1) is 20.4. The van der Waals surface area contributed by atoms with Gasteiger partial charge in [-0.1, -0.05) is 41.5 Å². The number of hydrogen-bond donors (Lipinski definition) is 3. The lowest BCUT2D eigenvalue weighted by Gasteiger charge is -2.27. The van der Waals surface area contributed by atoms with Crippen LogP contribution < -0.4 is 5.43 Å². The van der Waals surface area contributed by atoms with E-state index in [4.69, 9.17) is 0 Å². The maximum atomic E-state index is 12.1. The summed E-state index contributed by atoms with van der Waals surface area (Å²) in [6, 6.07) is 5.06. The number of carbonyl (C=O) groups is 1. The van der Waals surface area contributed by atoms with Crippen molar-refractivity contribution in [2.45, 2.75) is 52.4 Å². The Morgan fingerprint density at radius 3 is 2.04 bits per heavy atom. The first-order valence-electron chi connectivity index (χ1n) is 8.75. The van der Waals surface area contributed by atoms with Crippen molar-refractivity contribution in [1.29, 1.82) is 0 Å². The van der Waals surface area contributed by atoms with E-state index in [0.717, 1.165) is 16.7 Å². The van der Waals surface area contributed by atoms with Crippen LogP contribution in [0, 0.1) is 0 Å². The summed E-state index contributed by atoms with van der Waals surface area (Å²) in [5.41, 5.74) is 4.56. The van der Waals surface area contributed by atoms with Crippen molar-refractivity contribution in [2.24, 2.45) is 5.10 Å². The number of phenols is 1. The number of nitrogens with one attached hydrogen (secondary N) is 1. The van der Waals surface area contributed by atoms with Crippen LogP contribution in [0.2, 0.25) is 0 Å². The fraction of sp³-hybridized carbons (Fsp3) is 0.381. The zero-order valence-corrected chi connectivity index (χ0v) is 16.7. The SMILES string of the molecule is CC(C)(C)c1cc(/C=N\NC(=O)c2cncc(O)c2)cc(C(C)(C)C)c1O. The van der Waals surface area contributed by atoms with Crippen molar-refractivity contribution in [1.82, 2.24) is 10.4 Å². The number of hydrogen-bond acceptors (Lipinski definition) is 5. The lowest BCUT2D eigenvalue weighted by Crippen LogP contribution is -2.19. The van der Waals surface area contributed by atoms with Gasteiger partial charge in [0.1, 0.15) is 11.5 Å². The van der Waals surface area contributed by atoms with Gasteiger partial charge in [0.15, 0.2) is 0 Å². The zero-order valence-electron chi connectivity index (χ0n) is 16.7. The number of hydrazone groups is 1. The summed E-state index contributed by atoms with van der Waals surface area (Å²) in [5, 5.41) is 24.1. The highest BCUT2D eigenvalue weighted by molar-refractivity contribution is 5.95. The van der Waals surface area contributed by atoms with Crippen LogP contribution >= 0.6 is 0 Å². The van der Waals surface area contributed by atoms with E-state index in [1.54, 1.807) is 0 Å². The van der Waals surface area contributed by atoms with Crippen LogP contribution in [0.25, 0.3) is 0 Å². The van der Waals surface area contributed by atoms with E-state index in [1.807, 2.05) is 53.7 Å². The molecule has 1 aromatic carbocycles. The Hall–Kier alpha value is -2.89. The molecule has 0 atom stereocenters. The Kier molecular flexibility index (Phi) is 5.59. The molecule has 0 unspecified atom stereocenters. The molecule has 0 aliphatic carbocycles. The fourth-order valence-electron chi connectivity index (χ4n) is 2.66. The van der Waals surface area contributed by atoms with Crippen molar-refractivity contribution < 1.29 is 15.0 Å². The number of nitrogens with zero attached hydrogens (tertiary/aromatic N) is 2. The van der Waals surface area contributed by atoms with E-state index >= 15 is 0 Å². The number of aromatic hydroxyl groups is 2. The van der Waals surface area contributed by atoms with Crippen LogP contribution in [0.1, 0.15) is 68.6 Å². The second-order valence-electron chi connectivity index (χ2n) is 8.60. The predicted octanol–water partition coefficient (Wildman–Crippen LogP) is 3.85. The number of benzene rings is 1. The van der Waals surface area contributed by atoms with Crippen molar-refractivity contribution in [3.63, 3.8) is 0 Å². The molecule has 0 aliphatic heterocycles. The zero-order chi connectivity index (χ0) is 20.4. The van der Waals surface area contributed by atoms with Gasteiger partial charge in [-0.2, -0.15) is 5.10 Å². The highest BCUT2D eigenvalue weighted by Gasteiger charge is 2.26. The van der Waals surface area contributed by atoms with E-state index in [0.29, 0.717) is 5.75 Å². The highest BCUT2D eigenvalue weighted by atomic mass is 16.3. The predicted molar refractivity (Wildman–Crippen MR) is 106 cm³/mol. The second-order valence-corrected chi connectivity index (χ2v) is 8.60. The molecule has 0 aliphatic rings. The molecule has 0 saturated carbocycles. The molecule has 1 aromatic heterocycles. The van der Waals surface area contributed by atoms with E-state index in [1.165, 1.54) is 24.7 Å². The van der Waals surface area contributed by atoms with Crippen LogP contribution in [0.3, 0.4) is 0 Å². The molecular weight excluding hydrogens is 342 g/mol. The highest BCUT2D eigenvalue weighted by Crippen LogP contribution is 2.39. The number of phenolic OH excluding ortho intramolecular Hbond substituents is 1. The van der Waals surface area contributed by atoms with Gasteiger partial charge in [-0.15, -0.1) is 0 Å². The fourth-order valence-corrected chi connectivity index (χ4v) is 2.66. The molecule has 0 spiro atoms. The molecule has 6 heteroatoms.